The van der Waals surface area contributed by atoms with Crippen LogP contribution in [0.5, 0.6) is 0 Å². The summed E-state index contributed by atoms with van der Waals surface area (Å²) >= 11 is 0. The Morgan fingerprint density at radius 3 is 2.78 bits per heavy atom. The number of hydrogen-bond donors (Lipinski definition) is 2. The van der Waals surface area contributed by atoms with E-state index in [-0.39, 0.29) is 23.5 Å². The summed E-state index contributed by atoms with van der Waals surface area (Å²) in [5, 5.41) is 11.7. The van der Waals surface area contributed by atoms with Gasteiger partial charge in [-0.2, -0.15) is 0 Å². The normalized spacial score (nSPS) is 12.3. The van der Waals surface area contributed by atoms with Gasteiger partial charge in [0.15, 0.2) is 0 Å². The Kier molecular flexibility index (Phi) is 5.00. The molecule has 1 unspecified atom stereocenters. The third kappa shape index (κ3) is 3.43. The Morgan fingerprint density at radius 1 is 1.44 bits per heavy atom. The van der Waals surface area contributed by atoms with E-state index in [0.717, 1.165) is 11.3 Å². The largest absolute Gasteiger partial charge is 0.466 e. The van der Waals surface area contributed by atoms with Gasteiger partial charge in [-0.1, -0.05) is 6.08 Å². The second kappa shape index (κ2) is 7.24. The van der Waals surface area contributed by atoms with Crippen LogP contribution in [0.3, 0.4) is 0 Å². The molecule has 0 aliphatic rings. The number of rotatable bonds is 6. The molecule has 0 fully saturated rings. The summed E-state index contributed by atoms with van der Waals surface area (Å²) in [6, 6.07) is 1.45. The van der Waals surface area contributed by atoms with E-state index in [4.69, 9.17) is 9.52 Å². The SMILES string of the molecule is C=CCn1c(-c2cc(C)oc2C)cn2cc(C(=O)NC(C)CO)nc2c1=O. The molecule has 8 heteroatoms. The lowest BCUT2D eigenvalue weighted by atomic mass is 10.2. The molecule has 0 spiro atoms. The maximum atomic E-state index is 13.0. The summed E-state index contributed by atoms with van der Waals surface area (Å²) in [4.78, 5) is 29.4. The zero-order chi connectivity index (χ0) is 19.7. The highest BCUT2D eigenvalue weighted by Crippen LogP contribution is 2.26. The minimum Gasteiger partial charge on any atom is -0.466 e. The van der Waals surface area contributed by atoms with E-state index >= 15 is 0 Å². The molecule has 2 N–H and O–H groups in total. The van der Waals surface area contributed by atoms with E-state index in [2.05, 4.69) is 16.9 Å². The minimum absolute atomic E-state index is 0.106. The number of carbonyl (C=O) groups is 1. The number of aryl methyl sites for hydroxylation is 2. The zero-order valence-electron chi connectivity index (χ0n) is 15.5. The molecule has 0 radical (unpaired) electrons. The number of aromatic nitrogens is 3. The van der Waals surface area contributed by atoms with Crippen LogP contribution in [0, 0.1) is 13.8 Å². The van der Waals surface area contributed by atoms with Gasteiger partial charge in [0.25, 0.3) is 11.5 Å². The van der Waals surface area contributed by atoms with Crippen molar-refractivity contribution in [2.24, 2.45) is 0 Å². The number of fused-ring (bicyclic) bond motifs is 1. The predicted octanol–water partition coefficient (Wildman–Crippen LogP) is 1.67. The highest BCUT2D eigenvalue weighted by atomic mass is 16.3. The van der Waals surface area contributed by atoms with Crippen molar-refractivity contribution in [2.75, 3.05) is 6.61 Å². The summed E-state index contributed by atoms with van der Waals surface area (Å²) in [6.45, 7) is 9.17. The van der Waals surface area contributed by atoms with Crippen molar-refractivity contribution < 1.29 is 14.3 Å². The Morgan fingerprint density at radius 2 is 2.19 bits per heavy atom. The van der Waals surface area contributed by atoms with Crippen LogP contribution in [-0.4, -0.2) is 37.6 Å². The van der Waals surface area contributed by atoms with Gasteiger partial charge in [0, 0.05) is 30.5 Å². The topological polar surface area (TPSA) is 102 Å². The van der Waals surface area contributed by atoms with E-state index in [1.54, 1.807) is 23.8 Å². The van der Waals surface area contributed by atoms with Crippen LogP contribution in [0.25, 0.3) is 16.9 Å². The molecule has 8 nitrogen and oxygen atoms in total. The van der Waals surface area contributed by atoms with E-state index in [9.17, 15) is 9.59 Å². The Bertz CT molecular complexity index is 1070. The van der Waals surface area contributed by atoms with Crippen molar-refractivity contribution in [2.45, 2.75) is 33.4 Å². The van der Waals surface area contributed by atoms with Crippen molar-refractivity contribution in [3.63, 3.8) is 0 Å². The van der Waals surface area contributed by atoms with Crippen molar-refractivity contribution in [3.8, 4) is 11.3 Å². The number of nitrogens with zero attached hydrogens (tertiary/aromatic N) is 3. The van der Waals surface area contributed by atoms with Crippen LogP contribution < -0.4 is 10.9 Å². The van der Waals surface area contributed by atoms with Crippen LogP contribution in [0.15, 0.2) is 40.3 Å². The molecule has 0 saturated heterocycles. The third-order valence-electron chi connectivity index (χ3n) is 4.23. The highest BCUT2D eigenvalue weighted by molar-refractivity contribution is 5.93. The van der Waals surface area contributed by atoms with Crippen LogP contribution in [-0.2, 0) is 6.54 Å². The average molecular weight is 370 g/mol. The average Bonchev–Trinajstić information content (AvgIpc) is 3.20. The fourth-order valence-electron chi connectivity index (χ4n) is 2.94. The first kappa shape index (κ1) is 18.7. The van der Waals surface area contributed by atoms with Crippen molar-refractivity contribution >= 4 is 11.6 Å². The minimum atomic E-state index is -0.452. The van der Waals surface area contributed by atoms with Gasteiger partial charge in [-0.3, -0.25) is 18.6 Å². The van der Waals surface area contributed by atoms with Gasteiger partial charge in [0.2, 0.25) is 5.65 Å². The van der Waals surface area contributed by atoms with Crippen LogP contribution >= 0.6 is 0 Å². The van der Waals surface area contributed by atoms with Gasteiger partial charge in [0.1, 0.15) is 17.2 Å². The highest BCUT2D eigenvalue weighted by Gasteiger charge is 2.19. The third-order valence-corrected chi connectivity index (χ3v) is 4.23. The standard InChI is InChI=1S/C19H22N4O4/c1-5-6-23-16(14-7-12(3)27-13(14)4)9-22-8-15(21-17(22)19(23)26)18(25)20-11(2)10-24/h5,7-9,11,24H,1,6,10H2,2-4H3,(H,20,25). The van der Waals surface area contributed by atoms with Crippen molar-refractivity contribution in [3.05, 3.63) is 58.7 Å². The van der Waals surface area contributed by atoms with Crippen molar-refractivity contribution in [1.82, 2.24) is 19.3 Å². The maximum Gasteiger partial charge on any atom is 0.295 e. The molecule has 0 saturated carbocycles. The lowest BCUT2D eigenvalue weighted by molar-refractivity contribution is 0.0918. The quantitative estimate of drug-likeness (QED) is 0.643. The summed E-state index contributed by atoms with van der Waals surface area (Å²) in [5.41, 5.74) is 1.35. The molecule has 3 heterocycles. The lowest BCUT2D eigenvalue weighted by Crippen LogP contribution is -2.35. The molecule has 0 aromatic carbocycles. The number of furan rings is 1. The van der Waals surface area contributed by atoms with E-state index in [1.807, 2.05) is 19.9 Å². The van der Waals surface area contributed by atoms with Gasteiger partial charge < -0.3 is 14.8 Å². The molecule has 0 aliphatic carbocycles. The smallest absolute Gasteiger partial charge is 0.295 e. The van der Waals surface area contributed by atoms with Gasteiger partial charge >= 0.3 is 0 Å². The van der Waals surface area contributed by atoms with Crippen molar-refractivity contribution in [1.29, 1.82) is 0 Å². The van der Waals surface area contributed by atoms with Crippen LogP contribution in [0.4, 0.5) is 0 Å². The predicted molar refractivity (Wildman–Crippen MR) is 101 cm³/mol. The Labute approximate surface area is 155 Å². The summed E-state index contributed by atoms with van der Waals surface area (Å²) < 4.78 is 8.69. The first-order chi connectivity index (χ1) is 12.8. The van der Waals surface area contributed by atoms with Gasteiger partial charge in [0.05, 0.1) is 12.3 Å². The zero-order valence-corrected chi connectivity index (χ0v) is 15.5. The van der Waals surface area contributed by atoms with E-state index in [0.29, 0.717) is 18.0 Å². The number of imidazole rings is 1. The number of hydrogen-bond acceptors (Lipinski definition) is 5. The first-order valence-electron chi connectivity index (χ1n) is 8.58. The van der Waals surface area contributed by atoms with Gasteiger partial charge in [-0.15, -0.1) is 6.58 Å². The number of aliphatic hydroxyl groups excluding tert-OH is 1. The molecule has 142 valence electrons. The second-order valence-electron chi connectivity index (χ2n) is 6.46. The molecule has 1 amide bonds. The fourth-order valence-corrected chi connectivity index (χ4v) is 2.94. The fraction of sp³-hybridized carbons (Fsp3) is 0.316. The second-order valence-corrected chi connectivity index (χ2v) is 6.46. The molecule has 0 bridgehead atoms. The summed E-state index contributed by atoms with van der Waals surface area (Å²) in [6.07, 6.45) is 4.88. The molecular formula is C19H22N4O4. The Balaban J connectivity index is 2.18. The lowest BCUT2D eigenvalue weighted by Gasteiger charge is -2.11. The van der Waals surface area contributed by atoms with E-state index in [1.165, 1.54) is 10.6 Å². The number of carbonyl (C=O) groups excluding carboxylic acids is 1. The number of nitrogens with one attached hydrogen (secondary N) is 1. The summed E-state index contributed by atoms with van der Waals surface area (Å²) in [5.74, 6) is 0.981. The monoisotopic (exact) mass is 370 g/mol. The molecule has 3 aromatic rings. The first-order valence-corrected chi connectivity index (χ1v) is 8.58. The van der Waals surface area contributed by atoms with Gasteiger partial charge in [-0.25, -0.2) is 4.98 Å². The molecular weight excluding hydrogens is 348 g/mol. The maximum absolute atomic E-state index is 13.0. The summed E-state index contributed by atoms with van der Waals surface area (Å²) in [7, 11) is 0. The van der Waals surface area contributed by atoms with Crippen LogP contribution in [0.1, 0.15) is 28.9 Å². The molecule has 3 aromatic heterocycles. The van der Waals surface area contributed by atoms with Gasteiger partial charge in [-0.05, 0) is 26.8 Å². The molecule has 27 heavy (non-hydrogen) atoms. The molecule has 0 aliphatic heterocycles. The number of aliphatic hydroxyl groups is 1. The number of allylic oxidation sites excluding steroid dienone is 1. The Hall–Kier alpha value is -3.13. The number of amides is 1. The van der Waals surface area contributed by atoms with E-state index < -0.39 is 11.9 Å². The molecule has 3 rings (SSSR count). The van der Waals surface area contributed by atoms with Crippen LogP contribution in [0.2, 0.25) is 0 Å². The molecule has 1 atom stereocenters.